The van der Waals surface area contributed by atoms with Crippen LogP contribution in [0.15, 0.2) is 10.5 Å². The van der Waals surface area contributed by atoms with E-state index in [1.807, 2.05) is 13.8 Å². The van der Waals surface area contributed by atoms with Gasteiger partial charge < -0.3 is 19.2 Å². The van der Waals surface area contributed by atoms with E-state index < -0.39 is 0 Å². The Morgan fingerprint density at radius 2 is 2.00 bits per heavy atom. The van der Waals surface area contributed by atoms with Crippen molar-refractivity contribution in [3.05, 3.63) is 34.8 Å². The number of amides is 1. The van der Waals surface area contributed by atoms with Gasteiger partial charge in [0.15, 0.2) is 5.82 Å². The number of aryl methyl sites for hydroxylation is 2. The van der Waals surface area contributed by atoms with Crippen molar-refractivity contribution in [1.82, 2.24) is 25.0 Å². The SMILES string of the molecule is Cc1cc(C(=O)NCc2nnc3n2CCN(CC2CCCCC2)CC3)c(C)o1. The highest BCUT2D eigenvalue weighted by Crippen LogP contribution is 2.25. The molecular formula is C21H31N5O2. The summed E-state index contributed by atoms with van der Waals surface area (Å²) in [6, 6.07) is 1.78. The molecule has 0 radical (unpaired) electrons. The Kier molecular flexibility index (Phi) is 5.80. The first kappa shape index (κ1) is 19.2. The molecule has 0 spiro atoms. The number of carbonyl (C=O) groups excluding carboxylic acids is 1. The molecule has 3 heterocycles. The fraction of sp³-hybridized carbons (Fsp3) is 0.667. The molecule has 1 saturated carbocycles. The first-order valence-corrected chi connectivity index (χ1v) is 10.6. The lowest BCUT2D eigenvalue weighted by molar-refractivity contribution is 0.0948. The molecule has 2 aromatic rings. The standard InChI is InChI=1S/C21H31N5O2/c1-15-12-18(16(2)28-15)21(27)22-13-20-24-23-19-8-9-25(10-11-26(19)20)14-17-6-4-3-5-7-17/h12,17H,3-11,13-14H2,1-2H3,(H,22,27). The Hall–Kier alpha value is -2.15. The molecule has 0 bridgehead atoms. The lowest BCUT2D eigenvalue weighted by Gasteiger charge is -2.28. The van der Waals surface area contributed by atoms with Crippen molar-refractivity contribution in [2.24, 2.45) is 5.92 Å². The molecule has 28 heavy (non-hydrogen) atoms. The maximum Gasteiger partial charge on any atom is 0.255 e. The van der Waals surface area contributed by atoms with Gasteiger partial charge in [0.1, 0.15) is 17.3 Å². The summed E-state index contributed by atoms with van der Waals surface area (Å²) in [5.74, 6) is 3.99. The molecule has 0 atom stereocenters. The average molecular weight is 386 g/mol. The molecule has 1 fully saturated rings. The van der Waals surface area contributed by atoms with E-state index in [4.69, 9.17) is 4.42 Å². The number of carbonyl (C=O) groups is 1. The molecule has 152 valence electrons. The van der Waals surface area contributed by atoms with Gasteiger partial charge in [0.2, 0.25) is 0 Å². The van der Waals surface area contributed by atoms with E-state index in [1.54, 1.807) is 6.07 Å². The molecule has 2 aromatic heterocycles. The Balaban J connectivity index is 1.34. The highest BCUT2D eigenvalue weighted by atomic mass is 16.3. The molecule has 4 rings (SSSR count). The Labute approximate surface area is 166 Å². The molecule has 7 nitrogen and oxygen atoms in total. The van der Waals surface area contributed by atoms with Gasteiger partial charge in [0.05, 0.1) is 12.1 Å². The average Bonchev–Trinajstić information content (AvgIpc) is 3.18. The molecule has 0 aromatic carbocycles. The smallest absolute Gasteiger partial charge is 0.255 e. The topological polar surface area (TPSA) is 76.2 Å². The second-order valence-electron chi connectivity index (χ2n) is 8.25. The van der Waals surface area contributed by atoms with E-state index in [0.717, 1.165) is 49.4 Å². The molecule has 0 unspecified atom stereocenters. The number of aromatic nitrogens is 3. The third kappa shape index (κ3) is 4.29. The van der Waals surface area contributed by atoms with Crippen LogP contribution in [0.3, 0.4) is 0 Å². The van der Waals surface area contributed by atoms with Crippen LogP contribution >= 0.6 is 0 Å². The molecule has 7 heteroatoms. The predicted molar refractivity (Wildman–Crippen MR) is 106 cm³/mol. The Bertz CT molecular complexity index is 819. The summed E-state index contributed by atoms with van der Waals surface area (Å²) < 4.78 is 7.64. The zero-order valence-corrected chi connectivity index (χ0v) is 17.0. The van der Waals surface area contributed by atoms with E-state index >= 15 is 0 Å². The molecule has 1 aliphatic heterocycles. The minimum Gasteiger partial charge on any atom is -0.466 e. The highest BCUT2D eigenvalue weighted by molar-refractivity contribution is 5.95. The number of hydrogen-bond acceptors (Lipinski definition) is 5. The van der Waals surface area contributed by atoms with Gasteiger partial charge >= 0.3 is 0 Å². The van der Waals surface area contributed by atoms with Crippen LogP contribution in [0.4, 0.5) is 0 Å². The van der Waals surface area contributed by atoms with Gasteiger partial charge in [0.25, 0.3) is 5.91 Å². The van der Waals surface area contributed by atoms with Crippen LogP contribution in [0.5, 0.6) is 0 Å². The van der Waals surface area contributed by atoms with E-state index in [-0.39, 0.29) is 5.91 Å². The normalized spacial score (nSPS) is 18.6. The van der Waals surface area contributed by atoms with Crippen molar-refractivity contribution >= 4 is 5.91 Å². The van der Waals surface area contributed by atoms with Gasteiger partial charge in [-0.25, -0.2) is 0 Å². The molecule has 2 aliphatic rings. The number of hydrogen-bond donors (Lipinski definition) is 1. The third-order valence-corrected chi connectivity index (χ3v) is 6.13. The molecule has 1 amide bonds. The van der Waals surface area contributed by atoms with E-state index in [9.17, 15) is 4.79 Å². The number of rotatable bonds is 5. The van der Waals surface area contributed by atoms with Gasteiger partial charge in [-0.2, -0.15) is 0 Å². The highest BCUT2D eigenvalue weighted by Gasteiger charge is 2.22. The summed E-state index contributed by atoms with van der Waals surface area (Å²) in [4.78, 5) is 15.0. The summed E-state index contributed by atoms with van der Waals surface area (Å²) in [7, 11) is 0. The second kappa shape index (κ2) is 8.47. The van der Waals surface area contributed by atoms with Crippen LogP contribution < -0.4 is 5.32 Å². The van der Waals surface area contributed by atoms with Gasteiger partial charge in [-0.15, -0.1) is 10.2 Å². The van der Waals surface area contributed by atoms with Crippen LogP contribution in [-0.2, 0) is 19.5 Å². The van der Waals surface area contributed by atoms with Crippen LogP contribution in [0.25, 0.3) is 0 Å². The molecular weight excluding hydrogens is 354 g/mol. The minimum atomic E-state index is -0.126. The number of nitrogens with zero attached hydrogens (tertiary/aromatic N) is 4. The molecule has 0 saturated heterocycles. The lowest BCUT2D eigenvalue weighted by Crippen LogP contribution is -2.33. The van der Waals surface area contributed by atoms with Crippen LogP contribution in [0, 0.1) is 19.8 Å². The largest absolute Gasteiger partial charge is 0.466 e. The van der Waals surface area contributed by atoms with E-state index in [0.29, 0.717) is 17.9 Å². The summed E-state index contributed by atoms with van der Waals surface area (Å²) in [5, 5.41) is 11.7. The summed E-state index contributed by atoms with van der Waals surface area (Å²) in [6.07, 6.45) is 7.88. The van der Waals surface area contributed by atoms with Gasteiger partial charge in [-0.1, -0.05) is 19.3 Å². The van der Waals surface area contributed by atoms with Crippen molar-refractivity contribution in [3.8, 4) is 0 Å². The molecule has 1 aliphatic carbocycles. The first-order valence-electron chi connectivity index (χ1n) is 10.6. The summed E-state index contributed by atoms with van der Waals surface area (Å²) in [5.41, 5.74) is 0.590. The maximum absolute atomic E-state index is 12.4. The van der Waals surface area contributed by atoms with Gasteiger partial charge in [0, 0.05) is 32.6 Å². The second-order valence-corrected chi connectivity index (χ2v) is 8.25. The number of nitrogens with one attached hydrogen (secondary N) is 1. The zero-order valence-electron chi connectivity index (χ0n) is 17.0. The van der Waals surface area contributed by atoms with Crippen LogP contribution in [0.1, 0.15) is 65.6 Å². The fourth-order valence-electron chi connectivity index (χ4n) is 4.59. The number of fused-ring (bicyclic) bond motifs is 1. The lowest BCUT2D eigenvalue weighted by atomic mass is 9.89. The van der Waals surface area contributed by atoms with Crippen molar-refractivity contribution in [3.63, 3.8) is 0 Å². The Morgan fingerprint density at radius 1 is 1.18 bits per heavy atom. The van der Waals surface area contributed by atoms with Crippen LogP contribution in [0.2, 0.25) is 0 Å². The minimum absolute atomic E-state index is 0.126. The third-order valence-electron chi connectivity index (χ3n) is 6.13. The monoisotopic (exact) mass is 385 g/mol. The van der Waals surface area contributed by atoms with E-state index in [1.165, 1.54) is 38.6 Å². The maximum atomic E-state index is 12.4. The predicted octanol–water partition coefficient (Wildman–Crippen LogP) is 2.86. The van der Waals surface area contributed by atoms with Crippen molar-refractivity contribution in [1.29, 1.82) is 0 Å². The van der Waals surface area contributed by atoms with Crippen LogP contribution in [-0.4, -0.2) is 45.2 Å². The Morgan fingerprint density at radius 3 is 2.75 bits per heavy atom. The quantitative estimate of drug-likeness (QED) is 0.856. The van der Waals surface area contributed by atoms with E-state index in [2.05, 4.69) is 25.0 Å². The van der Waals surface area contributed by atoms with Crippen molar-refractivity contribution in [2.75, 3.05) is 19.6 Å². The van der Waals surface area contributed by atoms with Crippen molar-refractivity contribution < 1.29 is 9.21 Å². The van der Waals surface area contributed by atoms with Crippen molar-refractivity contribution in [2.45, 2.75) is 65.5 Å². The molecule has 1 N–H and O–H groups in total. The first-order chi connectivity index (χ1) is 13.6. The number of furan rings is 1. The summed E-state index contributed by atoms with van der Waals surface area (Å²) in [6.45, 7) is 8.23. The zero-order chi connectivity index (χ0) is 19.5. The fourth-order valence-corrected chi connectivity index (χ4v) is 4.59. The van der Waals surface area contributed by atoms with Gasteiger partial charge in [-0.05, 0) is 38.7 Å². The van der Waals surface area contributed by atoms with Gasteiger partial charge in [-0.3, -0.25) is 4.79 Å². The summed E-state index contributed by atoms with van der Waals surface area (Å²) >= 11 is 0.